The van der Waals surface area contributed by atoms with Gasteiger partial charge in [0.2, 0.25) is 11.4 Å². The van der Waals surface area contributed by atoms with Crippen LogP contribution >= 0.6 is 0 Å². The van der Waals surface area contributed by atoms with E-state index in [0.717, 1.165) is 12.8 Å². The van der Waals surface area contributed by atoms with Crippen LogP contribution < -0.4 is 5.56 Å². The molecule has 0 N–H and O–H groups in total. The number of carbonyl (C=O) groups excluding carboxylic acids is 1. The summed E-state index contributed by atoms with van der Waals surface area (Å²) in [7, 11) is 1.64. The number of pyridine rings is 1. The van der Waals surface area contributed by atoms with E-state index in [1.807, 2.05) is 13.8 Å². The van der Waals surface area contributed by atoms with Crippen LogP contribution in [-0.4, -0.2) is 38.6 Å². The number of aryl methyl sites for hydroxylation is 1. The quantitative estimate of drug-likeness (QED) is 0.859. The van der Waals surface area contributed by atoms with Gasteiger partial charge in [0.25, 0.3) is 5.91 Å². The van der Waals surface area contributed by atoms with Gasteiger partial charge in [-0.15, -0.1) is 0 Å². The molecule has 3 heterocycles. The third kappa shape index (κ3) is 3.25. The summed E-state index contributed by atoms with van der Waals surface area (Å²) in [5.74, 6) is 1.52. The molecule has 3 rings (SSSR count). The molecule has 24 heavy (non-hydrogen) atoms. The van der Waals surface area contributed by atoms with Crippen LogP contribution in [0.15, 0.2) is 27.6 Å². The molecule has 1 fully saturated rings. The van der Waals surface area contributed by atoms with Crippen molar-refractivity contribution >= 4 is 5.91 Å². The van der Waals surface area contributed by atoms with Crippen LogP contribution in [0.2, 0.25) is 0 Å². The molecule has 0 spiro atoms. The Kier molecular flexibility index (Phi) is 4.51. The van der Waals surface area contributed by atoms with E-state index in [1.165, 1.54) is 10.6 Å². The van der Waals surface area contributed by atoms with Crippen molar-refractivity contribution in [2.45, 2.75) is 38.5 Å². The Bertz CT molecular complexity index is 793. The summed E-state index contributed by atoms with van der Waals surface area (Å²) in [6.45, 7) is 5.28. The molecule has 7 nitrogen and oxygen atoms in total. The summed E-state index contributed by atoms with van der Waals surface area (Å²) >= 11 is 0. The standard InChI is InChI=1S/C17H22N4O3/c1-11(2)16-18-15(19-24-16)12-5-4-8-21(10-12)17(23)13-6-7-14(22)20(3)9-13/h6-7,9,11-12H,4-5,8,10H2,1-3H3/t12-/m1/s1. The lowest BCUT2D eigenvalue weighted by Gasteiger charge is -2.31. The SMILES string of the molecule is CC(C)c1nc([C@@H]2CCCN(C(=O)c3ccc(=O)n(C)c3)C2)no1. The minimum Gasteiger partial charge on any atom is -0.339 e. The van der Waals surface area contributed by atoms with Crippen molar-refractivity contribution in [3.05, 3.63) is 46.0 Å². The lowest BCUT2D eigenvalue weighted by molar-refractivity contribution is 0.0702. The van der Waals surface area contributed by atoms with Gasteiger partial charge < -0.3 is 14.0 Å². The maximum atomic E-state index is 12.7. The lowest BCUT2D eigenvalue weighted by Crippen LogP contribution is -2.39. The van der Waals surface area contributed by atoms with Gasteiger partial charge in [0.1, 0.15) is 0 Å². The van der Waals surface area contributed by atoms with Crippen LogP contribution in [0.1, 0.15) is 60.6 Å². The number of amides is 1. The van der Waals surface area contributed by atoms with Crippen molar-refractivity contribution in [1.29, 1.82) is 0 Å². The molecule has 0 aliphatic carbocycles. The van der Waals surface area contributed by atoms with Gasteiger partial charge in [-0.25, -0.2) is 0 Å². The number of hydrogen-bond donors (Lipinski definition) is 0. The first-order valence-corrected chi connectivity index (χ1v) is 8.25. The maximum absolute atomic E-state index is 12.7. The number of hydrogen-bond acceptors (Lipinski definition) is 5. The molecule has 128 valence electrons. The fourth-order valence-corrected chi connectivity index (χ4v) is 2.92. The second-order valence-corrected chi connectivity index (χ2v) is 6.60. The van der Waals surface area contributed by atoms with Crippen molar-refractivity contribution in [3.8, 4) is 0 Å². The highest BCUT2D eigenvalue weighted by Gasteiger charge is 2.29. The maximum Gasteiger partial charge on any atom is 0.255 e. The fourth-order valence-electron chi connectivity index (χ4n) is 2.92. The van der Waals surface area contributed by atoms with Gasteiger partial charge in [0, 0.05) is 44.2 Å². The Hall–Kier alpha value is -2.44. The van der Waals surface area contributed by atoms with Crippen LogP contribution in [0.3, 0.4) is 0 Å². The summed E-state index contributed by atoms with van der Waals surface area (Å²) in [6.07, 6.45) is 3.42. The molecule has 1 amide bonds. The Morgan fingerprint density at radius 2 is 2.17 bits per heavy atom. The predicted octanol–water partition coefficient (Wildman–Crippen LogP) is 1.91. The minimum absolute atomic E-state index is 0.0668. The molecule has 0 radical (unpaired) electrons. The summed E-state index contributed by atoms with van der Waals surface area (Å²) in [5.41, 5.74) is 0.393. The van der Waals surface area contributed by atoms with Gasteiger partial charge in [0.15, 0.2) is 5.82 Å². The molecule has 0 bridgehead atoms. The monoisotopic (exact) mass is 330 g/mol. The van der Waals surface area contributed by atoms with Crippen LogP contribution in [0.4, 0.5) is 0 Å². The molecule has 1 aliphatic heterocycles. The smallest absolute Gasteiger partial charge is 0.255 e. The normalized spacial score (nSPS) is 18.2. The molecule has 1 atom stereocenters. The first kappa shape index (κ1) is 16.4. The molecule has 1 saturated heterocycles. The number of carbonyl (C=O) groups is 1. The van der Waals surface area contributed by atoms with Gasteiger partial charge in [-0.3, -0.25) is 9.59 Å². The second kappa shape index (κ2) is 6.59. The van der Waals surface area contributed by atoms with E-state index in [2.05, 4.69) is 10.1 Å². The van der Waals surface area contributed by atoms with Crippen LogP contribution in [0.5, 0.6) is 0 Å². The van der Waals surface area contributed by atoms with Crippen molar-refractivity contribution in [3.63, 3.8) is 0 Å². The number of nitrogens with zero attached hydrogens (tertiary/aromatic N) is 4. The number of rotatable bonds is 3. The van der Waals surface area contributed by atoms with Gasteiger partial charge >= 0.3 is 0 Å². The largest absolute Gasteiger partial charge is 0.339 e. The van der Waals surface area contributed by atoms with E-state index in [9.17, 15) is 9.59 Å². The van der Waals surface area contributed by atoms with Crippen molar-refractivity contribution in [1.82, 2.24) is 19.6 Å². The zero-order chi connectivity index (χ0) is 17.3. The molecular formula is C17H22N4O3. The Morgan fingerprint density at radius 1 is 1.38 bits per heavy atom. The molecule has 7 heteroatoms. The van der Waals surface area contributed by atoms with Gasteiger partial charge in [-0.2, -0.15) is 4.98 Å². The summed E-state index contributed by atoms with van der Waals surface area (Å²) < 4.78 is 6.71. The highest BCUT2D eigenvalue weighted by Crippen LogP contribution is 2.26. The fraction of sp³-hybridized carbons (Fsp3) is 0.529. The Labute approximate surface area is 140 Å². The van der Waals surface area contributed by atoms with Crippen LogP contribution in [-0.2, 0) is 7.05 Å². The molecule has 0 saturated carbocycles. The third-order valence-electron chi connectivity index (χ3n) is 4.36. The van der Waals surface area contributed by atoms with Crippen molar-refractivity contribution < 1.29 is 9.32 Å². The van der Waals surface area contributed by atoms with E-state index >= 15 is 0 Å². The molecule has 0 unspecified atom stereocenters. The summed E-state index contributed by atoms with van der Waals surface area (Å²) in [4.78, 5) is 30.4. The van der Waals surface area contributed by atoms with Gasteiger partial charge in [-0.05, 0) is 18.9 Å². The van der Waals surface area contributed by atoms with Crippen LogP contribution in [0.25, 0.3) is 0 Å². The summed E-state index contributed by atoms with van der Waals surface area (Å²) in [5, 5.41) is 4.08. The molecule has 1 aliphatic rings. The van der Waals surface area contributed by atoms with E-state index in [4.69, 9.17) is 4.52 Å². The van der Waals surface area contributed by atoms with Crippen molar-refractivity contribution in [2.75, 3.05) is 13.1 Å². The number of aromatic nitrogens is 3. The highest BCUT2D eigenvalue weighted by atomic mass is 16.5. The molecule has 2 aromatic heterocycles. The van der Waals surface area contributed by atoms with E-state index in [1.54, 1.807) is 24.2 Å². The third-order valence-corrected chi connectivity index (χ3v) is 4.36. The zero-order valence-electron chi connectivity index (χ0n) is 14.2. The second-order valence-electron chi connectivity index (χ2n) is 6.60. The van der Waals surface area contributed by atoms with Crippen LogP contribution in [0, 0.1) is 0 Å². The Balaban J connectivity index is 1.75. The lowest BCUT2D eigenvalue weighted by atomic mass is 9.97. The topological polar surface area (TPSA) is 81.2 Å². The highest BCUT2D eigenvalue weighted by molar-refractivity contribution is 5.94. The van der Waals surface area contributed by atoms with Gasteiger partial charge in [-0.1, -0.05) is 19.0 Å². The predicted molar refractivity (Wildman–Crippen MR) is 87.9 cm³/mol. The van der Waals surface area contributed by atoms with Crippen molar-refractivity contribution in [2.24, 2.45) is 7.05 Å². The average Bonchev–Trinajstić information content (AvgIpc) is 3.07. The number of likely N-dealkylation sites (tertiary alicyclic amines) is 1. The van der Waals surface area contributed by atoms with E-state index in [0.29, 0.717) is 30.4 Å². The molecule has 0 aromatic carbocycles. The minimum atomic E-state index is -0.129. The number of piperidine rings is 1. The van der Waals surface area contributed by atoms with Gasteiger partial charge in [0.05, 0.1) is 5.56 Å². The average molecular weight is 330 g/mol. The van der Waals surface area contributed by atoms with E-state index < -0.39 is 0 Å². The van der Waals surface area contributed by atoms with E-state index in [-0.39, 0.29) is 23.3 Å². The molecular weight excluding hydrogens is 308 g/mol. The Morgan fingerprint density at radius 3 is 2.83 bits per heavy atom. The summed E-state index contributed by atoms with van der Waals surface area (Å²) in [6, 6.07) is 3.00. The first-order chi connectivity index (χ1) is 11.5. The molecule has 2 aromatic rings. The first-order valence-electron chi connectivity index (χ1n) is 8.25. The zero-order valence-corrected chi connectivity index (χ0v) is 14.2.